The first-order chi connectivity index (χ1) is 11.4. The third kappa shape index (κ3) is 5.38. The van der Waals surface area contributed by atoms with Gasteiger partial charge < -0.3 is 15.7 Å². The summed E-state index contributed by atoms with van der Waals surface area (Å²) in [5.41, 5.74) is 1.34. The molecule has 3 N–H and O–H groups in total. The zero-order valence-electron chi connectivity index (χ0n) is 12.2. The highest BCUT2D eigenvalue weighted by molar-refractivity contribution is 14.1. The summed E-state index contributed by atoms with van der Waals surface area (Å²) in [5.74, 6) is -1.33. The van der Waals surface area contributed by atoms with Crippen LogP contribution in [0.3, 0.4) is 0 Å². The van der Waals surface area contributed by atoms with Crippen LogP contribution >= 0.6 is 57.4 Å². The summed E-state index contributed by atoms with van der Waals surface area (Å²) < 4.78 is 1.51. The summed E-state index contributed by atoms with van der Waals surface area (Å²) in [5, 5.41) is 14.8. The first kappa shape index (κ1) is 19.1. The summed E-state index contributed by atoms with van der Waals surface area (Å²) in [6.45, 7) is 0. The quantitative estimate of drug-likeness (QED) is 0.390. The fourth-order valence-corrected chi connectivity index (χ4v) is 4.16. The molecule has 0 atom stereocenters. The molecule has 8 heteroatoms. The molecule has 124 valence electrons. The Hall–Kier alpha value is -1.27. The standard InChI is InChI=1S/C16H12I2N2O3S/c17-10-7-11(15(22)23)14(12(18)8-10)20-16(24)19-13(21)6-9-4-2-1-3-5-9/h1-5,7-8H,6H2,(H,22,23)(H2,19,20,21,24). The van der Waals surface area contributed by atoms with E-state index < -0.39 is 5.97 Å². The number of halogens is 2. The number of anilines is 1. The molecule has 0 radical (unpaired) electrons. The van der Waals surface area contributed by atoms with Crippen LogP contribution in [-0.4, -0.2) is 22.1 Å². The van der Waals surface area contributed by atoms with Gasteiger partial charge in [0.05, 0.1) is 17.7 Å². The smallest absolute Gasteiger partial charge is 0.337 e. The van der Waals surface area contributed by atoms with E-state index in [-0.39, 0.29) is 23.0 Å². The molecule has 0 aliphatic heterocycles. The number of hydrogen-bond donors (Lipinski definition) is 3. The molecule has 0 spiro atoms. The van der Waals surface area contributed by atoms with Crippen LogP contribution in [0.15, 0.2) is 42.5 Å². The van der Waals surface area contributed by atoms with Crippen molar-refractivity contribution in [1.29, 1.82) is 0 Å². The van der Waals surface area contributed by atoms with Gasteiger partial charge in [0.2, 0.25) is 5.91 Å². The fraction of sp³-hybridized carbons (Fsp3) is 0.0625. The third-order valence-electron chi connectivity index (χ3n) is 2.98. The molecule has 0 heterocycles. The minimum atomic E-state index is -1.06. The van der Waals surface area contributed by atoms with Gasteiger partial charge in [0.15, 0.2) is 5.11 Å². The molecule has 2 rings (SSSR count). The molecule has 0 saturated carbocycles. The lowest BCUT2D eigenvalue weighted by molar-refractivity contribution is -0.119. The van der Waals surface area contributed by atoms with E-state index in [1.807, 2.05) is 81.6 Å². The lowest BCUT2D eigenvalue weighted by Gasteiger charge is -2.14. The molecule has 2 aromatic carbocycles. The Balaban J connectivity index is 2.07. The van der Waals surface area contributed by atoms with Crippen molar-refractivity contribution in [3.63, 3.8) is 0 Å². The maximum Gasteiger partial charge on any atom is 0.337 e. The molecule has 0 aromatic heterocycles. The number of carboxylic acids is 1. The predicted octanol–water partition coefficient (Wildman–Crippen LogP) is 3.65. The second-order valence-corrected chi connectivity index (χ2v) is 7.60. The van der Waals surface area contributed by atoms with Crippen LogP contribution in [0.2, 0.25) is 0 Å². The average Bonchev–Trinajstić information content (AvgIpc) is 2.50. The van der Waals surface area contributed by atoms with Gasteiger partial charge in [-0.2, -0.15) is 0 Å². The monoisotopic (exact) mass is 566 g/mol. The zero-order chi connectivity index (χ0) is 17.7. The summed E-state index contributed by atoms with van der Waals surface area (Å²) in [6, 6.07) is 12.6. The average molecular weight is 566 g/mol. The van der Waals surface area contributed by atoms with Crippen molar-refractivity contribution in [2.45, 2.75) is 6.42 Å². The fourth-order valence-electron chi connectivity index (χ4n) is 1.97. The number of carbonyl (C=O) groups is 2. The zero-order valence-corrected chi connectivity index (χ0v) is 17.3. The van der Waals surface area contributed by atoms with Crippen molar-refractivity contribution in [3.8, 4) is 0 Å². The van der Waals surface area contributed by atoms with Crippen LogP contribution in [0.5, 0.6) is 0 Å². The number of carbonyl (C=O) groups excluding carboxylic acids is 1. The van der Waals surface area contributed by atoms with Crippen LogP contribution in [0.4, 0.5) is 5.69 Å². The first-order valence-electron chi connectivity index (χ1n) is 6.74. The number of hydrogen-bond acceptors (Lipinski definition) is 3. The predicted molar refractivity (Wildman–Crippen MR) is 113 cm³/mol. The molecule has 5 nitrogen and oxygen atoms in total. The molecule has 0 bridgehead atoms. The number of benzene rings is 2. The Morgan fingerprint density at radius 1 is 1.12 bits per heavy atom. The van der Waals surface area contributed by atoms with Crippen molar-refractivity contribution in [1.82, 2.24) is 5.32 Å². The number of carboxylic acid groups (broad SMARTS) is 1. The molecular weight excluding hydrogens is 554 g/mol. The summed E-state index contributed by atoms with van der Waals surface area (Å²) >= 11 is 9.20. The molecule has 0 unspecified atom stereocenters. The Labute approximate surface area is 171 Å². The van der Waals surface area contributed by atoms with Crippen molar-refractivity contribution >= 4 is 80.1 Å². The highest BCUT2D eigenvalue weighted by Crippen LogP contribution is 2.26. The molecule has 0 fully saturated rings. The maximum atomic E-state index is 12.0. The second-order valence-electron chi connectivity index (χ2n) is 4.78. The van der Waals surface area contributed by atoms with E-state index in [4.69, 9.17) is 12.2 Å². The van der Waals surface area contributed by atoms with Gasteiger partial charge in [-0.25, -0.2) is 4.79 Å². The molecular formula is C16H12I2N2O3S. The van der Waals surface area contributed by atoms with Crippen LogP contribution in [0, 0.1) is 7.14 Å². The molecule has 0 aliphatic carbocycles. The minimum absolute atomic E-state index is 0.0672. The number of aromatic carboxylic acids is 1. The van der Waals surface area contributed by atoms with E-state index in [2.05, 4.69) is 10.6 Å². The first-order valence-corrected chi connectivity index (χ1v) is 9.30. The third-order valence-corrected chi connectivity index (χ3v) is 4.66. The van der Waals surface area contributed by atoms with Gasteiger partial charge in [-0.15, -0.1) is 0 Å². The minimum Gasteiger partial charge on any atom is -0.478 e. The van der Waals surface area contributed by atoms with Crippen LogP contribution in [0.25, 0.3) is 0 Å². The van der Waals surface area contributed by atoms with Gasteiger partial charge in [0, 0.05) is 7.14 Å². The topological polar surface area (TPSA) is 78.4 Å². The van der Waals surface area contributed by atoms with Crippen molar-refractivity contribution in [3.05, 3.63) is 60.7 Å². The van der Waals surface area contributed by atoms with E-state index in [0.29, 0.717) is 9.26 Å². The summed E-state index contributed by atoms with van der Waals surface area (Å²) in [7, 11) is 0. The van der Waals surface area contributed by atoms with E-state index >= 15 is 0 Å². The van der Waals surface area contributed by atoms with E-state index in [1.54, 1.807) is 6.07 Å². The largest absolute Gasteiger partial charge is 0.478 e. The van der Waals surface area contributed by atoms with Crippen molar-refractivity contribution in [2.24, 2.45) is 0 Å². The van der Waals surface area contributed by atoms with Gasteiger partial charge in [0.1, 0.15) is 0 Å². The van der Waals surface area contributed by atoms with Gasteiger partial charge in [-0.05, 0) is 75.1 Å². The highest BCUT2D eigenvalue weighted by atomic mass is 127. The normalized spacial score (nSPS) is 10.1. The Morgan fingerprint density at radius 2 is 1.79 bits per heavy atom. The second kappa shape index (κ2) is 8.72. The Bertz CT molecular complexity index is 797. The highest BCUT2D eigenvalue weighted by Gasteiger charge is 2.16. The number of nitrogens with one attached hydrogen (secondary N) is 2. The van der Waals surface area contributed by atoms with Gasteiger partial charge in [0.25, 0.3) is 0 Å². The van der Waals surface area contributed by atoms with Crippen molar-refractivity contribution in [2.75, 3.05) is 5.32 Å². The number of amides is 1. The van der Waals surface area contributed by atoms with Gasteiger partial charge in [-0.3, -0.25) is 4.79 Å². The van der Waals surface area contributed by atoms with Gasteiger partial charge >= 0.3 is 5.97 Å². The number of thiocarbonyl (C=S) groups is 1. The molecule has 24 heavy (non-hydrogen) atoms. The van der Waals surface area contributed by atoms with E-state index in [1.165, 1.54) is 0 Å². The molecule has 2 aromatic rings. The lowest BCUT2D eigenvalue weighted by Crippen LogP contribution is -2.35. The molecule has 0 aliphatic rings. The van der Waals surface area contributed by atoms with Crippen LogP contribution in [-0.2, 0) is 11.2 Å². The molecule has 1 amide bonds. The Kier molecular flexibility index (Phi) is 6.92. The van der Waals surface area contributed by atoms with E-state index in [0.717, 1.165) is 9.13 Å². The summed E-state index contributed by atoms with van der Waals surface area (Å²) in [6.07, 6.45) is 0.193. The SMILES string of the molecule is O=C(Cc1ccccc1)NC(=S)Nc1c(I)cc(I)cc1C(=O)O. The van der Waals surface area contributed by atoms with Crippen molar-refractivity contribution < 1.29 is 14.7 Å². The van der Waals surface area contributed by atoms with Gasteiger partial charge in [-0.1, -0.05) is 30.3 Å². The maximum absolute atomic E-state index is 12.0. The summed E-state index contributed by atoms with van der Waals surface area (Å²) in [4.78, 5) is 23.4. The number of rotatable bonds is 4. The van der Waals surface area contributed by atoms with E-state index in [9.17, 15) is 14.7 Å². The van der Waals surface area contributed by atoms with Crippen LogP contribution < -0.4 is 10.6 Å². The Morgan fingerprint density at radius 3 is 2.42 bits per heavy atom. The van der Waals surface area contributed by atoms with Crippen LogP contribution in [0.1, 0.15) is 15.9 Å². The lowest BCUT2D eigenvalue weighted by atomic mass is 10.1. The molecule has 0 saturated heterocycles.